The van der Waals surface area contributed by atoms with Crippen molar-refractivity contribution in [3.8, 4) is 11.5 Å². The molecule has 3 aromatic rings. The van der Waals surface area contributed by atoms with Crippen molar-refractivity contribution in [2.24, 2.45) is 0 Å². The molecule has 0 radical (unpaired) electrons. The van der Waals surface area contributed by atoms with Crippen LogP contribution in [0.4, 0.5) is 5.69 Å². The largest absolute Gasteiger partial charge is 0.493 e. The number of rotatable bonds is 13. The van der Waals surface area contributed by atoms with Gasteiger partial charge in [-0.05, 0) is 62.2 Å². The molecule has 0 aliphatic carbocycles. The van der Waals surface area contributed by atoms with Crippen molar-refractivity contribution in [1.29, 1.82) is 0 Å². The van der Waals surface area contributed by atoms with Crippen LogP contribution in [0.1, 0.15) is 31.4 Å². The SMILES string of the molecule is CCNC(=O)[C@H](CC)N(Cc1cccc(C)c1)C(=O)CN(c1ccc(Cl)cc1)S(=O)(=O)c1ccc(OC)c(OC)c1. The highest BCUT2D eigenvalue weighted by atomic mass is 35.5. The van der Waals surface area contributed by atoms with Gasteiger partial charge in [0.15, 0.2) is 11.5 Å². The lowest BCUT2D eigenvalue weighted by Crippen LogP contribution is -2.52. The summed E-state index contributed by atoms with van der Waals surface area (Å²) in [5.74, 6) is -0.266. The third-order valence-corrected chi connectivity index (χ3v) is 8.53. The molecule has 0 fully saturated rings. The van der Waals surface area contributed by atoms with Crippen LogP contribution in [-0.4, -0.2) is 58.5 Å². The van der Waals surface area contributed by atoms with Gasteiger partial charge in [-0.15, -0.1) is 0 Å². The van der Waals surface area contributed by atoms with Crippen molar-refractivity contribution >= 4 is 39.1 Å². The number of benzene rings is 3. The summed E-state index contributed by atoms with van der Waals surface area (Å²) in [4.78, 5) is 28.4. The molecule has 0 aliphatic rings. The van der Waals surface area contributed by atoms with E-state index in [9.17, 15) is 18.0 Å². The molecular weight excluding hydrogens is 566 g/mol. The number of nitrogens with zero attached hydrogens (tertiary/aromatic N) is 2. The predicted octanol–water partition coefficient (Wildman–Crippen LogP) is 4.80. The number of hydrogen-bond acceptors (Lipinski definition) is 6. The van der Waals surface area contributed by atoms with E-state index in [0.29, 0.717) is 23.7 Å². The Balaban J connectivity index is 2.09. The maximum absolute atomic E-state index is 14.1. The number of carbonyl (C=O) groups excluding carboxylic acids is 2. The molecule has 2 amide bonds. The fourth-order valence-electron chi connectivity index (χ4n) is 4.46. The Morgan fingerprint density at radius 2 is 1.63 bits per heavy atom. The highest BCUT2D eigenvalue weighted by Crippen LogP contribution is 2.32. The van der Waals surface area contributed by atoms with Gasteiger partial charge in [0.1, 0.15) is 12.6 Å². The second-order valence-corrected chi connectivity index (χ2v) is 11.6. The van der Waals surface area contributed by atoms with Crippen LogP contribution in [0.25, 0.3) is 0 Å². The van der Waals surface area contributed by atoms with E-state index in [1.807, 2.05) is 38.1 Å². The quantitative estimate of drug-likeness (QED) is 0.302. The van der Waals surface area contributed by atoms with Crippen molar-refractivity contribution in [3.05, 3.63) is 82.9 Å². The first-order valence-electron chi connectivity index (χ1n) is 13.2. The van der Waals surface area contributed by atoms with Crippen LogP contribution in [0.5, 0.6) is 11.5 Å². The van der Waals surface area contributed by atoms with Crippen molar-refractivity contribution in [3.63, 3.8) is 0 Å². The zero-order valence-corrected chi connectivity index (χ0v) is 25.5. The molecule has 0 bridgehead atoms. The zero-order chi connectivity index (χ0) is 30.2. The fraction of sp³-hybridized carbons (Fsp3) is 0.333. The molecule has 1 N–H and O–H groups in total. The number of aryl methyl sites for hydroxylation is 1. The van der Waals surface area contributed by atoms with E-state index in [1.54, 1.807) is 19.1 Å². The van der Waals surface area contributed by atoms with E-state index in [1.165, 1.54) is 49.5 Å². The van der Waals surface area contributed by atoms with Gasteiger partial charge in [-0.2, -0.15) is 0 Å². The number of hydrogen-bond donors (Lipinski definition) is 1. The van der Waals surface area contributed by atoms with Crippen LogP contribution in [0.15, 0.2) is 71.6 Å². The van der Waals surface area contributed by atoms with Crippen LogP contribution in [0, 0.1) is 6.92 Å². The third kappa shape index (κ3) is 7.71. The molecule has 3 rings (SSSR count). The van der Waals surface area contributed by atoms with Gasteiger partial charge in [0, 0.05) is 24.2 Å². The summed E-state index contributed by atoms with van der Waals surface area (Å²) in [6.07, 6.45) is 0.340. The van der Waals surface area contributed by atoms with E-state index >= 15 is 0 Å². The molecule has 11 heteroatoms. The number of halogens is 1. The predicted molar refractivity (Wildman–Crippen MR) is 160 cm³/mol. The van der Waals surface area contributed by atoms with Crippen molar-refractivity contribution in [1.82, 2.24) is 10.2 Å². The first kappa shape index (κ1) is 31.8. The van der Waals surface area contributed by atoms with Gasteiger partial charge in [-0.3, -0.25) is 13.9 Å². The lowest BCUT2D eigenvalue weighted by Gasteiger charge is -2.33. The summed E-state index contributed by atoms with van der Waals surface area (Å²) < 4.78 is 39.7. The summed E-state index contributed by atoms with van der Waals surface area (Å²) >= 11 is 6.09. The summed E-state index contributed by atoms with van der Waals surface area (Å²) in [6.45, 7) is 5.52. The van der Waals surface area contributed by atoms with Crippen LogP contribution in [0.2, 0.25) is 5.02 Å². The first-order valence-corrected chi connectivity index (χ1v) is 15.0. The zero-order valence-electron chi connectivity index (χ0n) is 23.9. The first-order chi connectivity index (χ1) is 19.5. The standard InChI is InChI=1S/C30H36ClN3O6S/c1-6-26(30(36)32-7-2)33(19-22-10-8-9-21(3)17-22)29(35)20-34(24-13-11-23(31)12-14-24)41(37,38)25-15-16-27(39-4)28(18-25)40-5/h8-18,26H,6-7,19-20H2,1-5H3,(H,32,36)/t26-/m0/s1. The minimum absolute atomic E-state index is 0.0982. The number of anilines is 1. The van der Waals surface area contributed by atoms with Crippen molar-refractivity contribution in [2.75, 3.05) is 31.6 Å². The molecule has 1 atom stereocenters. The lowest BCUT2D eigenvalue weighted by atomic mass is 10.1. The number of likely N-dealkylation sites (N-methyl/N-ethyl adjacent to an activating group) is 1. The monoisotopic (exact) mass is 601 g/mol. The minimum atomic E-state index is -4.29. The molecule has 9 nitrogen and oxygen atoms in total. The molecule has 0 aromatic heterocycles. The number of sulfonamides is 1. The van der Waals surface area contributed by atoms with Gasteiger partial charge in [-0.25, -0.2) is 8.42 Å². The second kappa shape index (κ2) is 14.2. The summed E-state index contributed by atoms with van der Waals surface area (Å²) in [5.41, 5.74) is 2.06. The van der Waals surface area contributed by atoms with E-state index in [0.717, 1.165) is 15.4 Å². The molecule has 0 saturated carbocycles. The molecule has 0 saturated heterocycles. The highest BCUT2D eigenvalue weighted by molar-refractivity contribution is 7.92. The van der Waals surface area contributed by atoms with E-state index < -0.39 is 28.5 Å². The molecule has 41 heavy (non-hydrogen) atoms. The van der Waals surface area contributed by atoms with E-state index in [2.05, 4.69) is 5.32 Å². The highest BCUT2D eigenvalue weighted by Gasteiger charge is 2.34. The van der Waals surface area contributed by atoms with E-state index in [4.69, 9.17) is 21.1 Å². The van der Waals surface area contributed by atoms with Crippen LogP contribution in [-0.2, 0) is 26.2 Å². The van der Waals surface area contributed by atoms with E-state index in [-0.39, 0.29) is 28.8 Å². The number of methoxy groups -OCH3 is 2. The molecule has 220 valence electrons. The molecule has 3 aromatic carbocycles. The second-order valence-electron chi connectivity index (χ2n) is 9.33. The number of nitrogens with one attached hydrogen (secondary N) is 1. The maximum atomic E-state index is 14.1. The van der Waals surface area contributed by atoms with Gasteiger partial charge < -0.3 is 19.7 Å². The Morgan fingerprint density at radius 3 is 2.22 bits per heavy atom. The number of ether oxygens (including phenoxy) is 2. The molecule has 0 unspecified atom stereocenters. The number of amides is 2. The Kier molecular flexibility index (Phi) is 11.0. The Morgan fingerprint density at radius 1 is 0.951 bits per heavy atom. The Labute approximate surface area is 247 Å². The molecule has 0 aliphatic heterocycles. The summed E-state index contributed by atoms with van der Waals surface area (Å²) in [6, 6.07) is 17.2. The minimum Gasteiger partial charge on any atom is -0.493 e. The van der Waals surface area contributed by atoms with Gasteiger partial charge in [0.25, 0.3) is 10.0 Å². The molecule has 0 heterocycles. The summed E-state index contributed by atoms with van der Waals surface area (Å²) in [5, 5.41) is 3.20. The molecular formula is C30H36ClN3O6S. The fourth-order valence-corrected chi connectivity index (χ4v) is 6.02. The van der Waals surface area contributed by atoms with Gasteiger partial charge in [-0.1, -0.05) is 48.4 Å². The Hall–Kier alpha value is -3.76. The topological polar surface area (TPSA) is 105 Å². The van der Waals surface area contributed by atoms with Crippen LogP contribution >= 0.6 is 11.6 Å². The van der Waals surface area contributed by atoms with Gasteiger partial charge in [0.05, 0.1) is 24.8 Å². The maximum Gasteiger partial charge on any atom is 0.264 e. The van der Waals surface area contributed by atoms with Gasteiger partial charge in [0.2, 0.25) is 11.8 Å². The average Bonchev–Trinajstić information content (AvgIpc) is 2.96. The molecule has 0 spiro atoms. The van der Waals surface area contributed by atoms with Gasteiger partial charge >= 0.3 is 0 Å². The van der Waals surface area contributed by atoms with Crippen molar-refractivity contribution < 1.29 is 27.5 Å². The lowest BCUT2D eigenvalue weighted by molar-refractivity contribution is -0.140. The smallest absolute Gasteiger partial charge is 0.264 e. The number of carbonyl (C=O) groups is 2. The van der Waals surface area contributed by atoms with Crippen LogP contribution < -0.4 is 19.1 Å². The average molecular weight is 602 g/mol. The van der Waals surface area contributed by atoms with Crippen LogP contribution in [0.3, 0.4) is 0 Å². The normalized spacial score (nSPS) is 11.9. The van der Waals surface area contributed by atoms with Crippen molar-refractivity contribution in [2.45, 2.75) is 44.7 Å². The third-order valence-electron chi connectivity index (χ3n) is 6.51. The Bertz CT molecular complexity index is 1460. The summed E-state index contributed by atoms with van der Waals surface area (Å²) in [7, 11) is -1.43.